The first kappa shape index (κ1) is 11.5. The van der Waals surface area contributed by atoms with Crippen LogP contribution < -0.4 is 5.32 Å². The van der Waals surface area contributed by atoms with Gasteiger partial charge in [-0.3, -0.25) is 4.79 Å². The van der Waals surface area contributed by atoms with Crippen molar-refractivity contribution in [1.82, 2.24) is 10.2 Å². The Kier molecular flexibility index (Phi) is 2.66. The highest BCUT2D eigenvalue weighted by molar-refractivity contribution is 7.91. The Balaban J connectivity index is 1.73. The molecule has 0 aromatic rings. The van der Waals surface area contributed by atoms with E-state index in [1.165, 1.54) is 0 Å². The average Bonchev–Trinajstić information content (AvgIpc) is 2.97. The van der Waals surface area contributed by atoms with E-state index in [1.54, 1.807) is 0 Å². The van der Waals surface area contributed by atoms with E-state index >= 15 is 0 Å². The van der Waals surface area contributed by atoms with E-state index < -0.39 is 9.84 Å². The van der Waals surface area contributed by atoms with E-state index in [0.29, 0.717) is 25.4 Å². The van der Waals surface area contributed by atoms with Crippen molar-refractivity contribution in [2.45, 2.75) is 31.3 Å². The minimum Gasteiger partial charge on any atom is -0.336 e. The molecule has 2 aliphatic heterocycles. The fourth-order valence-corrected chi connectivity index (χ4v) is 4.82. The van der Waals surface area contributed by atoms with Gasteiger partial charge in [-0.05, 0) is 18.8 Å². The summed E-state index contributed by atoms with van der Waals surface area (Å²) >= 11 is 0. The van der Waals surface area contributed by atoms with Crippen molar-refractivity contribution in [2.24, 2.45) is 5.92 Å². The molecule has 6 heteroatoms. The second-order valence-corrected chi connectivity index (χ2v) is 7.59. The lowest BCUT2D eigenvalue weighted by atomic mass is 10.1. The highest BCUT2D eigenvalue weighted by Crippen LogP contribution is 2.34. The normalized spacial score (nSPS) is 35.6. The van der Waals surface area contributed by atoms with Crippen LogP contribution in [0.15, 0.2) is 0 Å². The quantitative estimate of drug-likeness (QED) is 0.717. The minimum absolute atomic E-state index is 0.0445. The summed E-state index contributed by atoms with van der Waals surface area (Å²) in [5, 5.41) is 3.22. The van der Waals surface area contributed by atoms with Gasteiger partial charge in [-0.25, -0.2) is 8.42 Å². The Labute approximate surface area is 101 Å². The summed E-state index contributed by atoms with van der Waals surface area (Å²) < 4.78 is 23.2. The van der Waals surface area contributed by atoms with Crippen LogP contribution in [0, 0.1) is 5.92 Å². The van der Waals surface area contributed by atoms with Gasteiger partial charge in [-0.2, -0.15) is 0 Å². The van der Waals surface area contributed by atoms with Crippen molar-refractivity contribution in [3.05, 3.63) is 0 Å². The van der Waals surface area contributed by atoms with Crippen LogP contribution in [-0.2, 0) is 14.6 Å². The van der Waals surface area contributed by atoms with Crippen LogP contribution in [0.1, 0.15) is 19.3 Å². The lowest BCUT2D eigenvalue weighted by Gasteiger charge is -2.37. The number of sulfone groups is 1. The van der Waals surface area contributed by atoms with Crippen LogP contribution in [-0.4, -0.2) is 55.9 Å². The fraction of sp³-hybridized carbons (Fsp3) is 0.909. The van der Waals surface area contributed by atoms with Crippen LogP contribution in [0.5, 0.6) is 0 Å². The van der Waals surface area contributed by atoms with Crippen LogP contribution in [0.4, 0.5) is 0 Å². The predicted molar refractivity (Wildman–Crippen MR) is 63.3 cm³/mol. The molecule has 0 unspecified atom stereocenters. The van der Waals surface area contributed by atoms with Gasteiger partial charge in [0.1, 0.15) is 0 Å². The maximum Gasteiger partial charge on any atom is 0.223 e. The molecule has 1 saturated carbocycles. The number of rotatable bonds is 2. The van der Waals surface area contributed by atoms with E-state index in [4.69, 9.17) is 0 Å². The second-order valence-electron chi connectivity index (χ2n) is 5.44. The van der Waals surface area contributed by atoms with Gasteiger partial charge in [0.05, 0.1) is 17.5 Å². The number of hydrogen-bond donors (Lipinski definition) is 1. The number of hydrogen-bond acceptors (Lipinski definition) is 4. The Bertz CT molecular complexity index is 430. The molecule has 2 atom stereocenters. The van der Waals surface area contributed by atoms with Gasteiger partial charge >= 0.3 is 0 Å². The van der Waals surface area contributed by atoms with Crippen LogP contribution in [0.3, 0.4) is 0 Å². The van der Waals surface area contributed by atoms with Crippen molar-refractivity contribution in [3.8, 4) is 0 Å². The topological polar surface area (TPSA) is 66.5 Å². The smallest absolute Gasteiger partial charge is 0.223 e. The third kappa shape index (κ3) is 2.33. The van der Waals surface area contributed by atoms with E-state index in [-0.39, 0.29) is 29.5 Å². The SMILES string of the molecule is O=C(CC1CC1)N1CCN[C@H]2CS(=O)(=O)C[C@H]21. The number of amides is 1. The summed E-state index contributed by atoms with van der Waals surface area (Å²) in [7, 11) is -2.96. The van der Waals surface area contributed by atoms with E-state index in [0.717, 1.165) is 12.8 Å². The molecule has 0 aromatic heterocycles. The predicted octanol–water partition coefficient (Wildman–Crippen LogP) is -0.616. The van der Waals surface area contributed by atoms with Crippen LogP contribution in [0.2, 0.25) is 0 Å². The number of carbonyl (C=O) groups is 1. The van der Waals surface area contributed by atoms with Crippen molar-refractivity contribution in [1.29, 1.82) is 0 Å². The summed E-state index contributed by atoms with van der Waals surface area (Å²) in [5.41, 5.74) is 0. The lowest BCUT2D eigenvalue weighted by Crippen LogP contribution is -2.59. The first-order valence-electron chi connectivity index (χ1n) is 6.28. The largest absolute Gasteiger partial charge is 0.336 e. The zero-order chi connectivity index (χ0) is 12.0. The second kappa shape index (κ2) is 3.95. The summed E-state index contributed by atoms with van der Waals surface area (Å²) in [6.45, 7) is 1.37. The monoisotopic (exact) mass is 258 g/mol. The van der Waals surface area contributed by atoms with Gasteiger partial charge in [0.25, 0.3) is 0 Å². The molecule has 1 amide bonds. The Morgan fingerprint density at radius 2 is 2.06 bits per heavy atom. The van der Waals surface area contributed by atoms with Crippen LogP contribution in [0.25, 0.3) is 0 Å². The molecule has 0 aromatic carbocycles. The molecule has 3 rings (SSSR count). The van der Waals surface area contributed by atoms with Crippen molar-refractivity contribution >= 4 is 15.7 Å². The van der Waals surface area contributed by atoms with Crippen molar-refractivity contribution in [3.63, 3.8) is 0 Å². The number of nitrogens with one attached hydrogen (secondary N) is 1. The summed E-state index contributed by atoms with van der Waals surface area (Å²) in [6.07, 6.45) is 2.93. The van der Waals surface area contributed by atoms with E-state index in [1.807, 2.05) is 4.90 Å². The zero-order valence-electron chi connectivity index (χ0n) is 9.76. The molecule has 2 saturated heterocycles. The fourth-order valence-electron chi connectivity index (χ4n) is 2.86. The zero-order valence-corrected chi connectivity index (χ0v) is 10.6. The molecular formula is C11H18N2O3S. The molecule has 0 bridgehead atoms. The van der Waals surface area contributed by atoms with E-state index in [2.05, 4.69) is 5.32 Å². The van der Waals surface area contributed by atoms with Crippen molar-refractivity contribution in [2.75, 3.05) is 24.6 Å². The number of fused-ring (bicyclic) bond motifs is 1. The molecule has 5 nitrogen and oxygen atoms in total. The molecule has 0 spiro atoms. The van der Waals surface area contributed by atoms with Gasteiger partial charge < -0.3 is 10.2 Å². The van der Waals surface area contributed by atoms with Gasteiger partial charge in [-0.1, -0.05) is 0 Å². The third-order valence-corrected chi connectivity index (χ3v) is 5.68. The molecule has 1 N–H and O–H groups in total. The highest BCUT2D eigenvalue weighted by atomic mass is 32.2. The lowest BCUT2D eigenvalue weighted by molar-refractivity contribution is -0.134. The molecule has 3 fully saturated rings. The maximum atomic E-state index is 12.1. The van der Waals surface area contributed by atoms with Gasteiger partial charge in [0.2, 0.25) is 5.91 Å². The average molecular weight is 258 g/mol. The first-order chi connectivity index (χ1) is 8.05. The molecular weight excluding hydrogens is 240 g/mol. The van der Waals surface area contributed by atoms with E-state index in [9.17, 15) is 13.2 Å². The maximum absolute atomic E-state index is 12.1. The third-order valence-electron chi connectivity index (χ3n) is 3.96. The molecule has 1 aliphatic carbocycles. The Morgan fingerprint density at radius 3 is 2.76 bits per heavy atom. The summed E-state index contributed by atoms with van der Waals surface area (Å²) in [5.74, 6) is 1.04. The summed E-state index contributed by atoms with van der Waals surface area (Å²) in [4.78, 5) is 13.9. The van der Waals surface area contributed by atoms with Gasteiger partial charge in [0, 0.05) is 25.6 Å². The Morgan fingerprint density at radius 1 is 1.29 bits per heavy atom. The molecule has 3 aliphatic rings. The van der Waals surface area contributed by atoms with Crippen LogP contribution >= 0.6 is 0 Å². The van der Waals surface area contributed by atoms with Crippen molar-refractivity contribution < 1.29 is 13.2 Å². The Hall–Kier alpha value is -0.620. The van der Waals surface area contributed by atoms with Gasteiger partial charge in [-0.15, -0.1) is 0 Å². The molecule has 2 heterocycles. The first-order valence-corrected chi connectivity index (χ1v) is 8.10. The number of piperazine rings is 1. The highest BCUT2D eigenvalue weighted by Gasteiger charge is 2.44. The summed E-state index contributed by atoms with van der Waals surface area (Å²) in [6, 6.07) is -0.170. The number of nitrogens with zero attached hydrogens (tertiary/aromatic N) is 1. The van der Waals surface area contributed by atoms with Gasteiger partial charge in [0.15, 0.2) is 9.84 Å². The molecule has 96 valence electrons. The standard InChI is InChI=1S/C11H18N2O3S/c14-11(5-8-1-2-8)13-4-3-12-9-6-17(15,16)7-10(9)13/h8-10,12H,1-7H2/t9-,10+/m0/s1. The molecule has 0 radical (unpaired) electrons. The number of carbonyl (C=O) groups excluding carboxylic acids is 1. The minimum atomic E-state index is -2.96. The molecule has 17 heavy (non-hydrogen) atoms.